The first-order valence-corrected chi connectivity index (χ1v) is 8.99. The van der Waals surface area contributed by atoms with Gasteiger partial charge in [0.1, 0.15) is 17.8 Å². The third-order valence-electron chi connectivity index (χ3n) is 3.96. The highest BCUT2D eigenvalue weighted by atomic mass is 16.5. The fourth-order valence-corrected chi connectivity index (χ4v) is 2.45. The van der Waals surface area contributed by atoms with Crippen molar-refractivity contribution in [1.29, 1.82) is 0 Å². The Morgan fingerprint density at radius 3 is 2.07 bits per heavy atom. The fourth-order valence-electron chi connectivity index (χ4n) is 2.45. The Hall–Kier alpha value is -3.23. The van der Waals surface area contributed by atoms with Gasteiger partial charge in [-0.2, -0.15) is 0 Å². The molecule has 0 radical (unpaired) electrons. The largest absolute Gasteiger partial charge is 0.456 e. The average Bonchev–Trinajstić information content (AvgIpc) is 2.69. The molecule has 0 aliphatic heterocycles. The summed E-state index contributed by atoms with van der Waals surface area (Å²) < 4.78 is 5.82. The zero-order valence-electron chi connectivity index (χ0n) is 16.5. The Morgan fingerprint density at radius 1 is 0.857 bits per heavy atom. The molecule has 0 fully saturated rings. The van der Waals surface area contributed by atoms with Gasteiger partial charge in [0.05, 0.1) is 11.9 Å². The van der Waals surface area contributed by atoms with Crippen LogP contribution in [-0.2, 0) is 5.60 Å². The Kier molecular flexibility index (Phi) is 5.43. The number of ether oxygens (including phenoxy) is 1. The molecule has 0 aliphatic carbocycles. The van der Waals surface area contributed by atoms with Crippen molar-refractivity contribution in [1.82, 2.24) is 15.0 Å². The molecule has 1 atom stereocenters. The van der Waals surface area contributed by atoms with Crippen molar-refractivity contribution in [3.8, 4) is 23.3 Å². The summed E-state index contributed by atoms with van der Waals surface area (Å²) >= 11 is 0. The fraction of sp³-hybridized carbons (Fsp3) is 0.261. The third kappa shape index (κ3) is 4.73. The number of pyridine rings is 1. The van der Waals surface area contributed by atoms with Crippen LogP contribution in [0.15, 0.2) is 61.3 Å². The minimum Gasteiger partial charge on any atom is -0.456 e. The van der Waals surface area contributed by atoms with Crippen LogP contribution in [0.5, 0.6) is 11.5 Å². The van der Waals surface area contributed by atoms with E-state index < -0.39 is 5.60 Å². The van der Waals surface area contributed by atoms with E-state index in [4.69, 9.17) is 4.74 Å². The van der Waals surface area contributed by atoms with E-state index in [1.807, 2.05) is 52.0 Å². The van der Waals surface area contributed by atoms with Gasteiger partial charge in [-0.3, -0.25) is 4.98 Å². The molecule has 5 nitrogen and oxygen atoms in total. The Balaban J connectivity index is 1.94. The summed E-state index contributed by atoms with van der Waals surface area (Å²) in [5.41, 5.74) is 0.116. The summed E-state index contributed by atoms with van der Waals surface area (Å²) in [6.07, 6.45) is 6.07. The highest BCUT2D eigenvalue weighted by Crippen LogP contribution is 2.29. The van der Waals surface area contributed by atoms with Crippen LogP contribution < -0.4 is 4.74 Å². The summed E-state index contributed by atoms with van der Waals surface area (Å²) in [6, 6.07) is 11.2. The normalized spacial score (nSPS) is 13.2. The Morgan fingerprint density at radius 2 is 1.50 bits per heavy atom. The lowest BCUT2D eigenvalue weighted by Crippen LogP contribution is -2.27. The molecule has 1 unspecified atom stereocenters. The zero-order chi connectivity index (χ0) is 20.2. The predicted octanol–water partition coefficient (Wildman–Crippen LogP) is 4.26. The van der Waals surface area contributed by atoms with Crippen molar-refractivity contribution in [2.45, 2.75) is 33.3 Å². The van der Waals surface area contributed by atoms with Gasteiger partial charge in [-0.25, -0.2) is 9.97 Å². The van der Waals surface area contributed by atoms with Crippen LogP contribution >= 0.6 is 0 Å². The second-order valence-corrected chi connectivity index (χ2v) is 7.63. The first kappa shape index (κ1) is 19.5. The minimum absolute atomic E-state index is 0.280. The van der Waals surface area contributed by atoms with Crippen LogP contribution in [0.4, 0.5) is 0 Å². The van der Waals surface area contributed by atoms with Crippen molar-refractivity contribution in [2.24, 2.45) is 5.41 Å². The molecule has 0 bridgehead atoms. The van der Waals surface area contributed by atoms with E-state index in [2.05, 4.69) is 26.8 Å². The molecular formula is C23H23N3O2. The summed E-state index contributed by atoms with van der Waals surface area (Å²) in [5, 5.41) is 11.4. The van der Waals surface area contributed by atoms with Gasteiger partial charge < -0.3 is 9.84 Å². The molecule has 0 amide bonds. The molecule has 1 aromatic carbocycles. The number of aryl methyl sites for hydroxylation is 1. The van der Waals surface area contributed by atoms with Crippen molar-refractivity contribution in [2.75, 3.05) is 0 Å². The number of aromatic nitrogens is 3. The van der Waals surface area contributed by atoms with E-state index in [1.54, 1.807) is 30.7 Å². The van der Waals surface area contributed by atoms with E-state index in [1.165, 1.54) is 6.33 Å². The van der Waals surface area contributed by atoms with Crippen LogP contribution in [0.1, 0.15) is 37.6 Å². The molecule has 2 heterocycles. The quantitative estimate of drug-likeness (QED) is 0.692. The maximum absolute atomic E-state index is 11.4. The van der Waals surface area contributed by atoms with Crippen molar-refractivity contribution in [3.63, 3.8) is 0 Å². The summed E-state index contributed by atoms with van der Waals surface area (Å²) in [5.74, 6) is 7.35. The van der Waals surface area contributed by atoms with Crippen LogP contribution in [0.2, 0.25) is 0 Å². The monoisotopic (exact) mass is 373 g/mol. The van der Waals surface area contributed by atoms with E-state index >= 15 is 0 Å². The number of hydrogen-bond acceptors (Lipinski definition) is 5. The molecule has 142 valence electrons. The molecule has 5 heteroatoms. The Labute approximate surface area is 165 Å². The van der Waals surface area contributed by atoms with Crippen LogP contribution in [0, 0.1) is 24.2 Å². The van der Waals surface area contributed by atoms with Crippen molar-refractivity contribution >= 4 is 0 Å². The molecule has 0 aliphatic rings. The first-order valence-electron chi connectivity index (χ1n) is 8.99. The molecule has 3 aromatic rings. The molecule has 1 N–H and O–H groups in total. The summed E-state index contributed by atoms with van der Waals surface area (Å²) in [4.78, 5) is 12.4. The number of benzene rings is 1. The van der Waals surface area contributed by atoms with Crippen molar-refractivity contribution < 1.29 is 9.84 Å². The number of rotatable bonds is 4. The van der Waals surface area contributed by atoms with Gasteiger partial charge in [-0.15, -0.1) is 0 Å². The van der Waals surface area contributed by atoms with E-state index in [0.29, 0.717) is 17.0 Å². The maximum Gasteiger partial charge on any atom is 0.197 e. The van der Waals surface area contributed by atoms with Gasteiger partial charge in [-0.1, -0.05) is 29.5 Å². The lowest BCUT2D eigenvalue weighted by Gasteiger charge is -2.22. The number of nitrogens with zero attached hydrogens (tertiary/aromatic N) is 3. The molecule has 0 spiro atoms. The standard InChI is InChI=1S/C23H23N3O2/c1-17-5-7-19(8-6-17)28-20-9-10-21(26-15-20)23(27,12-11-22(2,3)4)18-13-24-16-25-14-18/h5-10,13-16,27H,1-4H3. The van der Waals surface area contributed by atoms with Crippen LogP contribution in [0.25, 0.3) is 0 Å². The first-order chi connectivity index (χ1) is 13.3. The molecule has 2 aromatic heterocycles. The lowest BCUT2D eigenvalue weighted by atomic mass is 9.89. The highest BCUT2D eigenvalue weighted by Gasteiger charge is 2.32. The van der Waals surface area contributed by atoms with Crippen LogP contribution in [-0.4, -0.2) is 20.1 Å². The van der Waals surface area contributed by atoms with Gasteiger partial charge in [0, 0.05) is 23.4 Å². The van der Waals surface area contributed by atoms with Crippen molar-refractivity contribution in [3.05, 3.63) is 78.1 Å². The topological polar surface area (TPSA) is 68.1 Å². The Bertz CT molecular complexity index is 983. The molecule has 3 rings (SSSR count). The number of aliphatic hydroxyl groups is 1. The average molecular weight is 373 g/mol. The maximum atomic E-state index is 11.4. The lowest BCUT2D eigenvalue weighted by molar-refractivity contribution is 0.139. The van der Waals surface area contributed by atoms with Gasteiger partial charge in [0.15, 0.2) is 5.60 Å². The predicted molar refractivity (Wildman–Crippen MR) is 108 cm³/mol. The molecule has 28 heavy (non-hydrogen) atoms. The number of hydrogen-bond donors (Lipinski definition) is 1. The second kappa shape index (κ2) is 7.79. The third-order valence-corrected chi connectivity index (χ3v) is 3.96. The molecular weight excluding hydrogens is 350 g/mol. The summed E-state index contributed by atoms with van der Waals surface area (Å²) in [6.45, 7) is 7.96. The van der Waals surface area contributed by atoms with E-state index in [-0.39, 0.29) is 5.41 Å². The highest BCUT2D eigenvalue weighted by molar-refractivity contribution is 5.41. The van der Waals surface area contributed by atoms with Gasteiger partial charge in [0.25, 0.3) is 0 Å². The van der Waals surface area contributed by atoms with Gasteiger partial charge in [-0.05, 0) is 52.0 Å². The SMILES string of the molecule is Cc1ccc(Oc2ccc(C(O)(C#CC(C)(C)C)c3cncnc3)nc2)cc1. The zero-order valence-corrected chi connectivity index (χ0v) is 16.5. The second-order valence-electron chi connectivity index (χ2n) is 7.63. The van der Waals surface area contributed by atoms with Gasteiger partial charge in [0.2, 0.25) is 0 Å². The molecule has 0 saturated carbocycles. The van der Waals surface area contributed by atoms with Gasteiger partial charge >= 0.3 is 0 Å². The minimum atomic E-state index is -1.61. The van der Waals surface area contributed by atoms with E-state index in [9.17, 15) is 5.11 Å². The molecule has 0 saturated heterocycles. The van der Waals surface area contributed by atoms with Crippen LogP contribution in [0.3, 0.4) is 0 Å². The van der Waals surface area contributed by atoms with E-state index in [0.717, 1.165) is 11.3 Å². The summed E-state index contributed by atoms with van der Waals surface area (Å²) in [7, 11) is 0. The smallest absolute Gasteiger partial charge is 0.197 e.